The molecule has 3 atom stereocenters. The molecule has 134 valence electrons. The predicted molar refractivity (Wildman–Crippen MR) is 80.7 cm³/mol. The van der Waals surface area contributed by atoms with E-state index >= 15 is 0 Å². The lowest BCUT2D eigenvalue weighted by molar-refractivity contribution is -0.193. The molecule has 0 bridgehead atoms. The molecule has 0 aromatic rings. The maximum absolute atomic E-state index is 11.7. The Kier molecular flexibility index (Phi) is 7.23. The summed E-state index contributed by atoms with van der Waals surface area (Å²) in [4.78, 5) is 11.7. The van der Waals surface area contributed by atoms with Crippen LogP contribution in [0.2, 0.25) is 0 Å². The largest absolute Gasteiger partial charge is 0.469 e. The molecular weight excluding hydrogens is 304 g/mol. The molecule has 1 aliphatic heterocycles. The van der Waals surface area contributed by atoms with E-state index in [0.717, 1.165) is 12.8 Å². The summed E-state index contributed by atoms with van der Waals surface area (Å²) in [6, 6.07) is 0. The van der Waals surface area contributed by atoms with E-state index in [1.807, 2.05) is 6.92 Å². The smallest absolute Gasteiger partial charge is 0.305 e. The summed E-state index contributed by atoms with van der Waals surface area (Å²) in [5.74, 6) is -0.630. The molecule has 23 heavy (non-hydrogen) atoms. The highest BCUT2D eigenvalue weighted by Gasteiger charge is 2.49. The van der Waals surface area contributed by atoms with Crippen LogP contribution in [0, 0.1) is 11.8 Å². The van der Waals surface area contributed by atoms with Crippen LogP contribution in [0.3, 0.4) is 0 Å². The summed E-state index contributed by atoms with van der Waals surface area (Å²) < 4.78 is 32.5. The molecule has 2 aliphatic rings. The minimum absolute atomic E-state index is 0.0295. The highest BCUT2D eigenvalue weighted by Crippen LogP contribution is 2.45. The first-order chi connectivity index (χ1) is 11.1. The predicted octanol–water partition coefficient (Wildman–Crippen LogP) is 1.34. The Hall–Kier alpha value is -0.730. The number of ether oxygens (including phenoxy) is 6. The van der Waals surface area contributed by atoms with Crippen LogP contribution in [0.1, 0.15) is 26.2 Å². The van der Waals surface area contributed by atoms with Crippen molar-refractivity contribution < 1.29 is 33.2 Å². The van der Waals surface area contributed by atoms with Crippen LogP contribution >= 0.6 is 0 Å². The summed E-state index contributed by atoms with van der Waals surface area (Å²) in [6.07, 6.45) is 1.94. The van der Waals surface area contributed by atoms with E-state index in [9.17, 15) is 4.79 Å². The summed E-state index contributed by atoms with van der Waals surface area (Å²) in [5.41, 5.74) is 0. The third-order valence-corrected chi connectivity index (χ3v) is 4.66. The van der Waals surface area contributed by atoms with Gasteiger partial charge < -0.3 is 28.4 Å². The maximum Gasteiger partial charge on any atom is 0.305 e. The summed E-state index contributed by atoms with van der Waals surface area (Å²) in [6.45, 7) is 4.40. The zero-order valence-electron chi connectivity index (χ0n) is 14.2. The number of rotatable bonds is 9. The van der Waals surface area contributed by atoms with Crippen LogP contribution in [0.4, 0.5) is 0 Å². The standard InChI is InChI=1S/C16H28O7/c1-16(22-6-7-23-16)14-10-13(21-11-20-5-4-18-2)8-12(14)9-15(17)19-3/h12-14H,4-11H2,1-3H3/t12-,13+,14-/m1/s1. The first-order valence-corrected chi connectivity index (χ1v) is 8.12. The van der Waals surface area contributed by atoms with Crippen molar-refractivity contribution in [3.05, 3.63) is 0 Å². The van der Waals surface area contributed by atoms with Gasteiger partial charge in [-0.05, 0) is 25.7 Å². The Morgan fingerprint density at radius 1 is 1.17 bits per heavy atom. The van der Waals surface area contributed by atoms with Gasteiger partial charge in [-0.2, -0.15) is 0 Å². The molecule has 7 heteroatoms. The Morgan fingerprint density at radius 3 is 2.57 bits per heavy atom. The fourth-order valence-electron chi connectivity index (χ4n) is 3.47. The minimum Gasteiger partial charge on any atom is -0.469 e. The lowest BCUT2D eigenvalue weighted by Gasteiger charge is -2.33. The first-order valence-electron chi connectivity index (χ1n) is 8.12. The van der Waals surface area contributed by atoms with Crippen LogP contribution in [-0.4, -0.2) is 65.3 Å². The Morgan fingerprint density at radius 2 is 1.91 bits per heavy atom. The van der Waals surface area contributed by atoms with Crippen molar-refractivity contribution >= 4 is 5.97 Å². The molecule has 0 unspecified atom stereocenters. The molecule has 2 fully saturated rings. The second-order valence-corrected chi connectivity index (χ2v) is 6.14. The molecule has 1 heterocycles. The molecule has 0 radical (unpaired) electrons. The Bertz CT molecular complexity index is 367. The normalized spacial score (nSPS) is 29.8. The molecule has 1 saturated carbocycles. The summed E-state index contributed by atoms with van der Waals surface area (Å²) in [7, 11) is 3.04. The Balaban J connectivity index is 1.88. The lowest BCUT2D eigenvalue weighted by atomic mass is 9.86. The molecule has 0 aromatic carbocycles. The van der Waals surface area contributed by atoms with Crippen molar-refractivity contribution in [1.29, 1.82) is 0 Å². The van der Waals surface area contributed by atoms with Crippen LogP contribution in [0.5, 0.6) is 0 Å². The van der Waals surface area contributed by atoms with E-state index in [-0.39, 0.29) is 30.7 Å². The fraction of sp³-hybridized carbons (Fsp3) is 0.938. The van der Waals surface area contributed by atoms with Gasteiger partial charge in [0.25, 0.3) is 0 Å². The van der Waals surface area contributed by atoms with Gasteiger partial charge in [0.1, 0.15) is 6.79 Å². The van der Waals surface area contributed by atoms with Gasteiger partial charge in [0.2, 0.25) is 0 Å². The SMILES string of the molecule is COCCOCO[C@H]1C[C@H](CC(=O)OC)[C@H](C2(C)OCCO2)C1. The van der Waals surface area contributed by atoms with Crippen molar-refractivity contribution in [2.75, 3.05) is 47.4 Å². The van der Waals surface area contributed by atoms with Crippen LogP contribution in [-0.2, 0) is 33.2 Å². The highest BCUT2D eigenvalue weighted by molar-refractivity contribution is 5.69. The number of methoxy groups -OCH3 is 2. The molecule has 7 nitrogen and oxygen atoms in total. The van der Waals surface area contributed by atoms with Crippen LogP contribution in [0.15, 0.2) is 0 Å². The van der Waals surface area contributed by atoms with Crippen molar-refractivity contribution in [1.82, 2.24) is 0 Å². The maximum atomic E-state index is 11.7. The lowest BCUT2D eigenvalue weighted by Crippen LogP contribution is -2.38. The number of esters is 1. The monoisotopic (exact) mass is 332 g/mol. The second kappa shape index (κ2) is 8.94. The van der Waals surface area contributed by atoms with Gasteiger partial charge in [-0.3, -0.25) is 4.79 Å². The van der Waals surface area contributed by atoms with E-state index in [0.29, 0.717) is 32.8 Å². The molecule has 2 rings (SSSR count). The van der Waals surface area contributed by atoms with Gasteiger partial charge in [-0.15, -0.1) is 0 Å². The van der Waals surface area contributed by atoms with Gasteiger partial charge in [0, 0.05) is 19.4 Å². The molecule has 0 N–H and O–H groups in total. The molecule has 0 amide bonds. The van der Waals surface area contributed by atoms with Crippen molar-refractivity contribution in [3.8, 4) is 0 Å². The third-order valence-electron chi connectivity index (χ3n) is 4.66. The molecule has 0 aromatic heterocycles. The number of carbonyl (C=O) groups is 1. The van der Waals surface area contributed by atoms with E-state index in [2.05, 4.69) is 0 Å². The van der Waals surface area contributed by atoms with Gasteiger partial charge in [-0.25, -0.2) is 0 Å². The van der Waals surface area contributed by atoms with E-state index in [1.54, 1.807) is 7.11 Å². The Labute approximate surface area is 137 Å². The molecule has 1 aliphatic carbocycles. The first kappa shape index (κ1) is 18.6. The number of hydrogen-bond donors (Lipinski definition) is 0. The number of carbonyl (C=O) groups excluding carboxylic acids is 1. The summed E-state index contributed by atoms with van der Waals surface area (Å²) >= 11 is 0. The van der Waals surface area contributed by atoms with Crippen molar-refractivity contribution in [2.24, 2.45) is 11.8 Å². The summed E-state index contributed by atoms with van der Waals surface area (Å²) in [5, 5.41) is 0. The molecular formula is C16H28O7. The zero-order valence-corrected chi connectivity index (χ0v) is 14.2. The van der Waals surface area contributed by atoms with E-state index in [1.165, 1.54) is 7.11 Å². The average Bonchev–Trinajstić information content (AvgIpc) is 3.14. The fourth-order valence-corrected chi connectivity index (χ4v) is 3.47. The molecule has 1 saturated heterocycles. The highest BCUT2D eigenvalue weighted by atomic mass is 16.7. The van der Waals surface area contributed by atoms with E-state index < -0.39 is 5.79 Å². The average molecular weight is 332 g/mol. The minimum atomic E-state index is -0.645. The van der Waals surface area contributed by atoms with Crippen molar-refractivity contribution in [3.63, 3.8) is 0 Å². The van der Waals surface area contributed by atoms with Gasteiger partial charge in [-0.1, -0.05) is 0 Å². The van der Waals surface area contributed by atoms with Crippen LogP contribution in [0.25, 0.3) is 0 Å². The zero-order chi connectivity index (χ0) is 16.7. The second-order valence-electron chi connectivity index (χ2n) is 6.14. The topological polar surface area (TPSA) is 72.5 Å². The van der Waals surface area contributed by atoms with Crippen LogP contribution < -0.4 is 0 Å². The van der Waals surface area contributed by atoms with Gasteiger partial charge in [0.15, 0.2) is 5.79 Å². The van der Waals surface area contributed by atoms with Gasteiger partial charge >= 0.3 is 5.97 Å². The number of hydrogen-bond acceptors (Lipinski definition) is 7. The molecule has 0 spiro atoms. The quantitative estimate of drug-likeness (QED) is 0.358. The third kappa shape index (κ3) is 5.12. The van der Waals surface area contributed by atoms with E-state index in [4.69, 9.17) is 28.4 Å². The van der Waals surface area contributed by atoms with Crippen molar-refractivity contribution in [2.45, 2.75) is 38.1 Å². The van der Waals surface area contributed by atoms with Gasteiger partial charge in [0.05, 0.1) is 39.6 Å².